The Bertz CT molecular complexity index is 1310. The summed E-state index contributed by atoms with van der Waals surface area (Å²) >= 11 is 12.3. The van der Waals surface area contributed by atoms with Gasteiger partial charge in [-0.05, 0) is 60.7 Å². The highest BCUT2D eigenvalue weighted by Crippen LogP contribution is 2.27. The summed E-state index contributed by atoms with van der Waals surface area (Å²) in [5.74, 6) is 1.58. The lowest BCUT2D eigenvalue weighted by atomic mass is 10.2. The van der Waals surface area contributed by atoms with E-state index in [-0.39, 0.29) is 0 Å². The van der Waals surface area contributed by atoms with Crippen molar-refractivity contribution in [2.24, 2.45) is 0 Å². The van der Waals surface area contributed by atoms with Gasteiger partial charge in [0.05, 0.1) is 30.2 Å². The number of piperazine rings is 1. The van der Waals surface area contributed by atoms with Crippen molar-refractivity contribution in [3.8, 4) is 22.8 Å². The molecule has 34 heavy (non-hydrogen) atoms. The van der Waals surface area contributed by atoms with Crippen LogP contribution in [0, 0.1) is 4.77 Å². The molecule has 0 amide bonds. The second-order valence-electron chi connectivity index (χ2n) is 8.07. The van der Waals surface area contributed by atoms with E-state index in [1.807, 2.05) is 63.8 Å². The molecule has 2 aromatic heterocycles. The summed E-state index contributed by atoms with van der Waals surface area (Å²) in [5.41, 5.74) is 2.98. The Labute approximate surface area is 208 Å². The third-order valence-electron chi connectivity index (χ3n) is 6.01. The Morgan fingerprint density at radius 2 is 1.65 bits per heavy atom. The van der Waals surface area contributed by atoms with Crippen molar-refractivity contribution in [3.05, 3.63) is 82.9 Å². The Morgan fingerprint density at radius 3 is 2.32 bits per heavy atom. The van der Waals surface area contributed by atoms with Crippen molar-refractivity contribution in [1.29, 1.82) is 0 Å². The van der Waals surface area contributed by atoms with E-state index < -0.39 is 0 Å². The Balaban J connectivity index is 1.41. The summed E-state index contributed by atoms with van der Waals surface area (Å²) in [7, 11) is 1.66. The average molecular weight is 493 g/mol. The molecule has 7 nitrogen and oxygen atoms in total. The van der Waals surface area contributed by atoms with Crippen LogP contribution in [-0.4, -0.2) is 57.5 Å². The number of methoxy groups -OCH3 is 1. The number of hydrogen-bond acceptors (Lipinski definition) is 6. The number of benzene rings is 2. The normalized spacial score (nSPS) is 14.4. The van der Waals surface area contributed by atoms with Crippen molar-refractivity contribution in [3.63, 3.8) is 0 Å². The van der Waals surface area contributed by atoms with E-state index in [1.54, 1.807) is 19.5 Å². The molecule has 0 radical (unpaired) electrons. The minimum absolute atomic E-state index is 0.621. The maximum absolute atomic E-state index is 6.40. The number of anilines is 1. The first kappa shape index (κ1) is 22.6. The molecule has 0 unspecified atom stereocenters. The minimum atomic E-state index is 0.621. The molecule has 1 saturated heterocycles. The number of aromatic nitrogens is 4. The zero-order chi connectivity index (χ0) is 23.5. The van der Waals surface area contributed by atoms with E-state index in [9.17, 15) is 0 Å². The van der Waals surface area contributed by atoms with Gasteiger partial charge in [0, 0.05) is 44.1 Å². The van der Waals surface area contributed by atoms with E-state index in [2.05, 4.69) is 20.9 Å². The molecular weight excluding hydrogens is 468 g/mol. The molecule has 0 bridgehead atoms. The van der Waals surface area contributed by atoms with Crippen LogP contribution in [0.4, 0.5) is 5.69 Å². The van der Waals surface area contributed by atoms with Crippen molar-refractivity contribution < 1.29 is 4.74 Å². The number of para-hydroxylation sites is 1. The average Bonchev–Trinajstić information content (AvgIpc) is 3.21. The molecule has 9 heteroatoms. The van der Waals surface area contributed by atoms with Gasteiger partial charge in [-0.1, -0.05) is 23.7 Å². The maximum atomic E-state index is 6.40. The first-order chi connectivity index (χ1) is 16.6. The predicted molar refractivity (Wildman–Crippen MR) is 137 cm³/mol. The van der Waals surface area contributed by atoms with Gasteiger partial charge >= 0.3 is 0 Å². The Kier molecular flexibility index (Phi) is 6.62. The van der Waals surface area contributed by atoms with Gasteiger partial charge in [0.25, 0.3) is 0 Å². The fourth-order valence-corrected chi connectivity index (χ4v) is 4.73. The van der Waals surface area contributed by atoms with Gasteiger partial charge in [0.2, 0.25) is 4.77 Å². The fraction of sp³-hybridized carbons (Fsp3) is 0.240. The second kappa shape index (κ2) is 9.97. The van der Waals surface area contributed by atoms with Gasteiger partial charge in [-0.25, -0.2) is 4.68 Å². The second-order valence-corrected chi connectivity index (χ2v) is 8.85. The number of rotatable bonds is 6. The molecule has 0 N–H and O–H groups in total. The molecule has 2 aromatic carbocycles. The molecule has 4 aromatic rings. The Hall–Kier alpha value is -3.20. The van der Waals surface area contributed by atoms with Gasteiger partial charge in [-0.2, -0.15) is 0 Å². The topological polar surface area (TPSA) is 51.4 Å². The number of hydrogen-bond donors (Lipinski definition) is 0. The van der Waals surface area contributed by atoms with Crippen LogP contribution in [0.3, 0.4) is 0 Å². The highest BCUT2D eigenvalue weighted by Gasteiger charge is 2.21. The van der Waals surface area contributed by atoms with E-state index in [0.29, 0.717) is 11.4 Å². The fourth-order valence-electron chi connectivity index (χ4n) is 4.18. The number of halogens is 1. The quantitative estimate of drug-likeness (QED) is 0.356. The largest absolute Gasteiger partial charge is 0.497 e. The van der Waals surface area contributed by atoms with Gasteiger partial charge in [-0.3, -0.25) is 14.5 Å². The molecule has 0 spiro atoms. The molecule has 1 fully saturated rings. The molecule has 174 valence electrons. The maximum Gasteiger partial charge on any atom is 0.204 e. The van der Waals surface area contributed by atoms with Gasteiger partial charge in [0.15, 0.2) is 5.82 Å². The van der Waals surface area contributed by atoms with E-state index in [1.165, 1.54) is 0 Å². The number of nitrogens with zero attached hydrogens (tertiary/aromatic N) is 6. The summed E-state index contributed by atoms with van der Waals surface area (Å²) < 4.78 is 9.87. The monoisotopic (exact) mass is 492 g/mol. The summed E-state index contributed by atoms with van der Waals surface area (Å²) in [4.78, 5) is 8.84. The highest BCUT2D eigenvalue weighted by molar-refractivity contribution is 7.71. The van der Waals surface area contributed by atoms with Crippen LogP contribution in [-0.2, 0) is 6.67 Å². The highest BCUT2D eigenvalue weighted by atomic mass is 35.5. The van der Waals surface area contributed by atoms with Crippen molar-refractivity contribution in [2.75, 3.05) is 38.2 Å². The number of pyridine rings is 1. The molecular formula is C25H25ClN6OS. The van der Waals surface area contributed by atoms with E-state index >= 15 is 0 Å². The van der Waals surface area contributed by atoms with Gasteiger partial charge in [0.1, 0.15) is 5.75 Å². The summed E-state index contributed by atoms with van der Waals surface area (Å²) in [6, 6.07) is 19.7. The van der Waals surface area contributed by atoms with Crippen molar-refractivity contribution >= 4 is 29.5 Å². The molecule has 0 atom stereocenters. The molecule has 0 saturated carbocycles. The summed E-state index contributed by atoms with van der Waals surface area (Å²) in [5, 5.41) is 5.71. The predicted octanol–water partition coefficient (Wildman–Crippen LogP) is 4.91. The lowest BCUT2D eigenvalue weighted by Crippen LogP contribution is -2.47. The third kappa shape index (κ3) is 4.57. The van der Waals surface area contributed by atoms with Crippen molar-refractivity contribution in [1.82, 2.24) is 24.2 Å². The van der Waals surface area contributed by atoms with Gasteiger partial charge < -0.3 is 9.64 Å². The standard InChI is InChI=1S/C25H25ClN6OS/c1-33-21-8-6-20(7-9-21)32-24(19-10-12-27-13-11-19)28-31(25(32)34)18-29-14-16-30(17-15-29)23-5-3-2-4-22(23)26/h2-13H,14-18H2,1H3. The molecule has 1 aliphatic rings. The zero-order valence-electron chi connectivity index (χ0n) is 18.8. The van der Waals surface area contributed by atoms with E-state index in [4.69, 9.17) is 33.7 Å². The van der Waals surface area contributed by atoms with Crippen LogP contribution in [0.1, 0.15) is 0 Å². The molecule has 1 aliphatic heterocycles. The molecule has 3 heterocycles. The van der Waals surface area contributed by atoms with Gasteiger partial charge in [-0.15, -0.1) is 5.10 Å². The molecule has 0 aliphatic carbocycles. The first-order valence-electron chi connectivity index (χ1n) is 11.1. The lowest BCUT2D eigenvalue weighted by molar-refractivity contribution is 0.194. The summed E-state index contributed by atoms with van der Waals surface area (Å²) in [6.45, 7) is 4.21. The smallest absolute Gasteiger partial charge is 0.204 e. The van der Waals surface area contributed by atoms with Crippen LogP contribution >= 0.6 is 23.8 Å². The number of ether oxygens (including phenoxy) is 1. The van der Waals surface area contributed by atoms with Crippen LogP contribution in [0.15, 0.2) is 73.1 Å². The minimum Gasteiger partial charge on any atom is -0.497 e. The zero-order valence-corrected chi connectivity index (χ0v) is 20.4. The lowest BCUT2D eigenvalue weighted by Gasteiger charge is -2.36. The van der Waals surface area contributed by atoms with Crippen LogP contribution in [0.2, 0.25) is 5.02 Å². The van der Waals surface area contributed by atoms with Crippen LogP contribution in [0.5, 0.6) is 5.75 Å². The molecule has 5 rings (SSSR count). The SMILES string of the molecule is COc1ccc(-n2c(-c3ccncc3)nn(CN3CCN(c4ccccc4Cl)CC3)c2=S)cc1. The third-order valence-corrected chi connectivity index (χ3v) is 6.72. The summed E-state index contributed by atoms with van der Waals surface area (Å²) in [6.07, 6.45) is 3.54. The van der Waals surface area contributed by atoms with Crippen molar-refractivity contribution in [2.45, 2.75) is 6.67 Å². The first-order valence-corrected chi connectivity index (χ1v) is 11.9. The van der Waals surface area contributed by atoms with E-state index in [0.717, 1.165) is 59.7 Å². The van der Waals surface area contributed by atoms with Crippen LogP contribution in [0.25, 0.3) is 17.1 Å². The Morgan fingerprint density at radius 1 is 0.941 bits per heavy atom. The van der Waals surface area contributed by atoms with Crippen LogP contribution < -0.4 is 9.64 Å².